The molecule has 21 heavy (non-hydrogen) atoms. The molecular formula is C14H27N3O4. The van der Waals surface area contributed by atoms with Crippen molar-refractivity contribution in [2.75, 3.05) is 19.6 Å². The van der Waals surface area contributed by atoms with Gasteiger partial charge in [-0.25, -0.2) is 4.79 Å². The number of carbonyl (C=O) groups excluding carboxylic acids is 2. The summed E-state index contributed by atoms with van der Waals surface area (Å²) in [5.41, 5.74) is 5.13. The molecule has 0 fully saturated rings. The minimum atomic E-state index is -0.807. The Kier molecular flexibility index (Phi) is 10.0. The third-order valence-corrected chi connectivity index (χ3v) is 3.18. The van der Waals surface area contributed by atoms with Gasteiger partial charge in [-0.15, -0.1) is 0 Å². The standard InChI is InChI=1S/C14H27N3O4/c1-3-4-9-17(10-12(15)18)14(21)16-8-7-11(2)5-6-13(19)20/h11H,3-10H2,1-2H3,(H2,15,18)(H,16,21)(H,19,20). The summed E-state index contributed by atoms with van der Waals surface area (Å²) in [6.45, 7) is 4.83. The quantitative estimate of drug-likeness (QED) is 0.531. The monoisotopic (exact) mass is 301 g/mol. The van der Waals surface area contributed by atoms with Crippen LogP contribution in [0.2, 0.25) is 0 Å². The van der Waals surface area contributed by atoms with Crippen LogP contribution < -0.4 is 11.1 Å². The normalized spacial score (nSPS) is 11.7. The van der Waals surface area contributed by atoms with Crippen LogP contribution in [0.1, 0.15) is 46.0 Å². The molecule has 0 aromatic rings. The van der Waals surface area contributed by atoms with Gasteiger partial charge in [-0.2, -0.15) is 0 Å². The van der Waals surface area contributed by atoms with Crippen molar-refractivity contribution in [3.05, 3.63) is 0 Å². The zero-order chi connectivity index (χ0) is 16.3. The molecule has 0 heterocycles. The van der Waals surface area contributed by atoms with Crippen LogP contribution >= 0.6 is 0 Å². The number of nitrogens with one attached hydrogen (secondary N) is 1. The van der Waals surface area contributed by atoms with Gasteiger partial charge < -0.3 is 21.1 Å². The number of carboxylic acid groups (broad SMARTS) is 1. The lowest BCUT2D eigenvalue weighted by atomic mass is 10.0. The first-order chi connectivity index (χ1) is 9.86. The van der Waals surface area contributed by atoms with Crippen LogP contribution in [0.15, 0.2) is 0 Å². The highest BCUT2D eigenvalue weighted by Crippen LogP contribution is 2.09. The van der Waals surface area contributed by atoms with Crippen LogP contribution in [0, 0.1) is 5.92 Å². The van der Waals surface area contributed by atoms with Crippen LogP contribution in [0.4, 0.5) is 4.79 Å². The predicted octanol–water partition coefficient (Wildman–Crippen LogP) is 1.17. The average Bonchev–Trinajstić information content (AvgIpc) is 2.40. The third kappa shape index (κ3) is 10.6. The summed E-state index contributed by atoms with van der Waals surface area (Å²) in [5, 5.41) is 11.3. The third-order valence-electron chi connectivity index (χ3n) is 3.18. The predicted molar refractivity (Wildman–Crippen MR) is 79.7 cm³/mol. The van der Waals surface area contributed by atoms with Gasteiger partial charge >= 0.3 is 12.0 Å². The second-order valence-corrected chi connectivity index (χ2v) is 5.30. The van der Waals surface area contributed by atoms with Gasteiger partial charge in [-0.05, 0) is 25.2 Å². The molecule has 0 saturated heterocycles. The van der Waals surface area contributed by atoms with Crippen LogP contribution in [0.5, 0.6) is 0 Å². The van der Waals surface area contributed by atoms with Crippen LogP contribution in [-0.2, 0) is 9.59 Å². The number of carboxylic acids is 1. The highest BCUT2D eigenvalue weighted by molar-refractivity contribution is 5.82. The zero-order valence-corrected chi connectivity index (χ0v) is 12.9. The molecule has 122 valence electrons. The second kappa shape index (κ2) is 10.9. The van der Waals surface area contributed by atoms with E-state index in [1.807, 2.05) is 13.8 Å². The molecule has 0 spiro atoms. The topological polar surface area (TPSA) is 113 Å². The molecule has 7 heteroatoms. The van der Waals surface area contributed by atoms with E-state index in [9.17, 15) is 14.4 Å². The number of rotatable bonds is 11. The molecule has 3 amide bonds. The molecule has 0 bridgehead atoms. The maximum atomic E-state index is 11.9. The zero-order valence-electron chi connectivity index (χ0n) is 12.9. The van der Waals surface area contributed by atoms with Gasteiger partial charge in [0.15, 0.2) is 0 Å². The Balaban J connectivity index is 4.06. The Hall–Kier alpha value is -1.79. The molecule has 0 aliphatic rings. The Morgan fingerprint density at radius 2 is 1.95 bits per heavy atom. The fraction of sp³-hybridized carbons (Fsp3) is 0.786. The second-order valence-electron chi connectivity index (χ2n) is 5.30. The van der Waals surface area contributed by atoms with Crippen LogP contribution in [0.3, 0.4) is 0 Å². The molecule has 0 aromatic heterocycles. The van der Waals surface area contributed by atoms with E-state index >= 15 is 0 Å². The summed E-state index contributed by atoms with van der Waals surface area (Å²) in [6, 6.07) is -0.298. The Morgan fingerprint density at radius 1 is 1.29 bits per heavy atom. The number of hydrogen-bond acceptors (Lipinski definition) is 3. The molecule has 1 atom stereocenters. The molecule has 0 aromatic carbocycles. The fourth-order valence-electron chi connectivity index (χ4n) is 1.84. The van der Waals surface area contributed by atoms with Crippen molar-refractivity contribution in [1.29, 1.82) is 0 Å². The van der Waals surface area contributed by atoms with Crippen molar-refractivity contribution in [2.24, 2.45) is 11.7 Å². The highest BCUT2D eigenvalue weighted by atomic mass is 16.4. The number of hydrogen-bond donors (Lipinski definition) is 3. The number of nitrogens with zero attached hydrogens (tertiary/aromatic N) is 1. The number of aliphatic carboxylic acids is 1. The van der Waals surface area contributed by atoms with E-state index < -0.39 is 11.9 Å². The van der Waals surface area contributed by atoms with Gasteiger partial charge in [0.25, 0.3) is 0 Å². The van der Waals surface area contributed by atoms with Gasteiger partial charge in [0, 0.05) is 19.5 Å². The van der Waals surface area contributed by atoms with E-state index in [0.717, 1.165) is 12.8 Å². The van der Waals surface area contributed by atoms with Crippen molar-refractivity contribution < 1.29 is 19.5 Å². The fourth-order valence-corrected chi connectivity index (χ4v) is 1.84. The lowest BCUT2D eigenvalue weighted by Gasteiger charge is -2.22. The smallest absolute Gasteiger partial charge is 0.317 e. The lowest BCUT2D eigenvalue weighted by molar-refractivity contribution is -0.137. The summed E-state index contributed by atoms with van der Waals surface area (Å²) in [7, 11) is 0. The minimum absolute atomic E-state index is 0.0829. The summed E-state index contributed by atoms with van der Waals surface area (Å²) in [4.78, 5) is 34.8. The molecule has 0 aliphatic heterocycles. The number of amides is 3. The van der Waals surface area contributed by atoms with Gasteiger partial charge in [0.05, 0.1) is 0 Å². The molecule has 7 nitrogen and oxygen atoms in total. The van der Waals surface area contributed by atoms with Gasteiger partial charge in [0.1, 0.15) is 6.54 Å². The van der Waals surface area contributed by atoms with Gasteiger partial charge in [0.2, 0.25) is 5.91 Å². The maximum Gasteiger partial charge on any atom is 0.317 e. The molecule has 0 rings (SSSR count). The SMILES string of the molecule is CCCCN(CC(N)=O)C(=O)NCCC(C)CCC(=O)O. The van der Waals surface area contributed by atoms with E-state index in [0.29, 0.717) is 25.9 Å². The van der Waals surface area contributed by atoms with E-state index in [1.165, 1.54) is 4.90 Å². The largest absolute Gasteiger partial charge is 0.481 e. The molecular weight excluding hydrogens is 274 g/mol. The Bertz CT molecular complexity index is 347. The number of urea groups is 1. The van der Waals surface area contributed by atoms with Crippen molar-refractivity contribution in [3.8, 4) is 0 Å². The van der Waals surface area contributed by atoms with Crippen molar-refractivity contribution in [1.82, 2.24) is 10.2 Å². The summed E-state index contributed by atoms with van der Waals surface area (Å²) in [6.07, 6.45) is 3.17. The summed E-state index contributed by atoms with van der Waals surface area (Å²) < 4.78 is 0. The first-order valence-electron chi connectivity index (χ1n) is 7.39. The van der Waals surface area contributed by atoms with Crippen molar-refractivity contribution in [3.63, 3.8) is 0 Å². The van der Waals surface area contributed by atoms with Crippen LogP contribution in [0.25, 0.3) is 0 Å². The van der Waals surface area contributed by atoms with E-state index in [1.54, 1.807) is 0 Å². The summed E-state index contributed by atoms with van der Waals surface area (Å²) in [5.74, 6) is -1.12. The van der Waals surface area contributed by atoms with Gasteiger partial charge in [-0.3, -0.25) is 9.59 Å². The molecule has 4 N–H and O–H groups in total. The van der Waals surface area contributed by atoms with Crippen LogP contribution in [-0.4, -0.2) is 47.5 Å². The number of primary amides is 1. The van der Waals surface area contributed by atoms with E-state index in [2.05, 4.69) is 5.32 Å². The summed E-state index contributed by atoms with van der Waals surface area (Å²) >= 11 is 0. The Labute approximate surface area is 125 Å². The molecule has 1 unspecified atom stereocenters. The maximum absolute atomic E-state index is 11.9. The van der Waals surface area contributed by atoms with E-state index in [-0.39, 0.29) is 24.9 Å². The van der Waals surface area contributed by atoms with Crippen molar-refractivity contribution in [2.45, 2.75) is 46.0 Å². The first kappa shape index (κ1) is 19.2. The molecule has 0 saturated carbocycles. The number of unbranched alkanes of at least 4 members (excludes halogenated alkanes) is 1. The highest BCUT2D eigenvalue weighted by Gasteiger charge is 2.15. The molecule has 0 radical (unpaired) electrons. The average molecular weight is 301 g/mol. The Morgan fingerprint density at radius 3 is 2.48 bits per heavy atom. The number of nitrogens with two attached hydrogens (primary N) is 1. The lowest BCUT2D eigenvalue weighted by Crippen LogP contribution is -2.45. The van der Waals surface area contributed by atoms with Crippen molar-refractivity contribution >= 4 is 17.9 Å². The van der Waals surface area contributed by atoms with Gasteiger partial charge in [-0.1, -0.05) is 20.3 Å². The van der Waals surface area contributed by atoms with E-state index in [4.69, 9.17) is 10.8 Å². The molecule has 0 aliphatic carbocycles. The number of carbonyl (C=O) groups is 3. The first-order valence-corrected chi connectivity index (χ1v) is 7.39. The minimum Gasteiger partial charge on any atom is -0.481 e.